The number of rotatable bonds is 7. The van der Waals surface area contributed by atoms with E-state index in [0.29, 0.717) is 67.2 Å². The van der Waals surface area contributed by atoms with E-state index < -0.39 is 144 Å². The molecule has 92 heavy (non-hydrogen) atoms. The van der Waals surface area contributed by atoms with Gasteiger partial charge in [0.25, 0.3) is 0 Å². The summed E-state index contributed by atoms with van der Waals surface area (Å²) in [7, 11) is 0. The Labute approximate surface area is 565 Å². The third-order valence-corrected chi connectivity index (χ3v) is 18.4. The normalized spacial score (nSPS) is 17.0. The summed E-state index contributed by atoms with van der Waals surface area (Å²) in [5.74, 6) is -0.872. The summed E-state index contributed by atoms with van der Waals surface area (Å²) in [4.78, 5) is 4.32. The highest BCUT2D eigenvalue weighted by atomic mass is 16.3. The van der Waals surface area contributed by atoms with Crippen LogP contribution in [0.25, 0.3) is 110 Å². The van der Waals surface area contributed by atoms with Gasteiger partial charge in [0.1, 0.15) is 0 Å². The van der Waals surface area contributed by atoms with Gasteiger partial charge >= 0.3 is 0 Å². The first-order valence-electron chi connectivity index (χ1n) is 41.1. The average molecular weight is 1200 g/mol. The fourth-order valence-corrected chi connectivity index (χ4v) is 14.1. The molecule has 0 saturated heterocycles. The molecule has 0 aliphatic carbocycles. The van der Waals surface area contributed by atoms with Gasteiger partial charge < -0.3 is 23.4 Å². The van der Waals surface area contributed by atoms with E-state index >= 15 is 0 Å². The van der Waals surface area contributed by atoms with Crippen LogP contribution < -0.4 is 9.80 Å². The second kappa shape index (κ2) is 20.2. The van der Waals surface area contributed by atoms with Crippen molar-refractivity contribution in [3.8, 4) is 44.8 Å². The van der Waals surface area contributed by atoms with Crippen LogP contribution in [0.3, 0.4) is 0 Å². The molecule has 440 valence electrons. The highest BCUT2D eigenvalue weighted by Gasteiger charge is 2.44. The number of hydrogen-bond donors (Lipinski definition) is 0. The highest BCUT2D eigenvalue weighted by Crippen LogP contribution is 2.64. The molecular weight excluding hydrogens is 1120 g/mol. The zero-order valence-corrected chi connectivity index (χ0v) is 50.8. The molecule has 2 aliphatic heterocycles. The number of fused-ring (bicyclic) bond motifs is 13. The van der Waals surface area contributed by atoms with E-state index in [1.54, 1.807) is 24.3 Å². The van der Waals surface area contributed by atoms with Crippen molar-refractivity contribution in [1.82, 2.24) is 9.13 Å². The molecule has 5 nitrogen and oxygen atoms in total. The maximum absolute atomic E-state index is 9.76. The van der Waals surface area contributed by atoms with Crippen molar-refractivity contribution in [3.63, 3.8) is 0 Å². The smallest absolute Gasteiger partial charge is 0.159 e. The molecule has 0 saturated carbocycles. The van der Waals surface area contributed by atoms with Gasteiger partial charge in [-0.15, -0.1) is 0 Å². The Balaban J connectivity index is 1.02. The largest absolute Gasteiger partial charge is 0.452 e. The van der Waals surface area contributed by atoms with Gasteiger partial charge in [-0.3, -0.25) is 0 Å². The van der Waals surface area contributed by atoms with Crippen LogP contribution in [0.2, 0.25) is 0 Å². The molecule has 5 heteroatoms. The number of anilines is 6. The van der Waals surface area contributed by atoms with Crippen molar-refractivity contribution in [3.05, 3.63) is 312 Å². The average Bonchev–Trinajstić information content (AvgIpc) is 1.58. The van der Waals surface area contributed by atoms with Crippen molar-refractivity contribution in [2.75, 3.05) is 9.80 Å². The Morgan fingerprint density at radius 3 is 1.38 bits per heavy atom. The van der Waals surface area contributed by atoms with Gasteiger partial charge in [-0.2, -0.15) is 0 Å². The van der Waals surface area contributed by atoms with E-state index in [2.05, 4.69) is 99.9 Å². The van der Waals surface area contributed by atoms with Crippen molar-refractivity contribution in [1.29, 1.82) is 0 Å². The molecule has 0 radical (unpaired) electrons. The third-order valence-electron chi connectivity index (χ3n) is 18.4. The predicted molar refractivity (Wildman–Crippen MR) is 386 cm³/mol. The zero-order chi connectivity index (χ0) is 80.0. The van der Waals surface area contributed by atoms with E-state index in [1.807, 2.05) is 84.9 Å². The Morgan fingerprint density at radius 2 is 0.826 bits per heavy atom. The van der Waals surface area contributed by atoms with E-state index in [1.165, 1.54) is 9.13 Å². The fourth-order valence-electron chi connectivity index (χ4n) is 14.1. The fraction of sp³-hybridized carbons (Fsp3) is 0.103. The van der Waals surface area contributed by atoms with Gasteiger partial charge in [0.2, 0.25) is 0 Å². The Kier molecular flexibility index (Phi) is 8.01. The molecule has 1 atom stereocenters. The van der Waals surface area contributed by atoms with Crippen LogP contribution in [0.1, 0.15) is 104 Å². The lowest BCUT2D eigenvalue weighted by molar-refractivity contribution is 0.589. The molecule has 0 bridgehead atoms. The molecule has 2 aliphatic rings. The molecule has 3 aromatic heterocycles. The number of para-hydroxylation sites is 6. The summed E-state index contributed by atoms with van der Waals surface area (Å²) in [5.41, 5.74) is 10.2. The number of aromatic nitrogens is 2. The molecule has 0 amide bonds. The second-order valence-corrected chi connectivity index (χ2v) is 25.7. The lowest BCUT2D eigenvalue weighted by atomic mass is 9.73. The third kappa shape index (κ3) is 8.11. The Bertz CT molecular complexity index is 6750. The summed E-state index contributed by atoms with van der Waals surface area (Å²) >= 11 is 0. The van der Waals surface area contributed by atoms with Crippen LogP contribution in [-0.4, -0.2) is 9.13 Å². The highest BCUT2D eigenvalue weighted by molar-refractivity contribution is 6.16. The van der Waals surface area contributed by atoms with Crippen LogP contribution in [0.4, 0.5) is 34.1 Å². The predicted octanol–water partition coefficient (Wildman–Crippen LogP) is 24.1. The van der Waals surface area contributed by atoms with E-state index in [-0.39, 0.29) is 71.7 Å². The van der Waals surface area contributed by atoms with E-state index in [0.717, 1.165) is 33.4 Å². The SMILES string of the molecule is [2H]c1c([2H])c([2H])c(-c2ccc3c(c2)C2c4ccc(-n5c6c([2H])c([2H])c([2H])c([2H])c6c6c([2H])c([2H])c([2H])c([2H])c65)cc4N(c4c(-c5ccccc5)cc(C(C)(C)C)cc4-c4ccccc4)c4cc(C(C)(C)C)cc(c42)N3c2cccc3c2oc2c(-n4c5c([2H])c([2H])c([2H])c([2H])c5c5c([2H])c([2H])c([2H])c([2H])c54)cccc23)c([2H])c1[2H]. The first-order valence-corrected chi connectivity index (χ1v) is 30.6. The molecule has 0 spiro atoms. The molecular formula is C87H66N4O. The summed E-state index contributed by atoms with van der Waals surface area (Å²) in [6.45, 7) is 12.8. The van der Waals surface area contributed by atoms with Crippen LogP contribution in [0.5, 0.6) is 0 Å². The van der Waals surface area contributed by atoms with Gasteiger partial charge in [-0.05, 0) is 140 Å². The lowest BCUT2D eigenvalue weighted by Crippen LogP contribution is -2.31. The Hall–Kier alpha value is -11.1. The number of hydrogen-bond acceptors (Lipinski definition) is 3. The molecule has 16 aromatic rings. The minimum absolute atomic E-state index is 0.0708. The van der Waals surface area contributed by atoms with Gasteiger partial charge in [0.15, 0.2) is 11.2 Å². The van der Waals surface area contributed by atoms with Crippen LogP contribution in [-0.2, 0) is 10.8 Å². The maximum Gasteiger partial charge on any atom is 0.159 e. The van der Waals surface area contributed by atoms with E-state index in [9.17, 15) is 16.4 Å². The second-order valence-electron chi connectivity index (χ2n) is 25.7. The van der Waals surface area contributed by atoms with Gasteiger partial charge in [0.05, 0.1) is 90.7 Å². The van der Waals surface area contributed by atoms with Gasteiger partial charge in [0, 0.05) is 60.6 Å². The summed E-state index contributed by atoms with van der Waals surface area (Å²) in [6.07, 6.45) is 0. The number of nitrogens with zero attached hydrogens (tertiary/aromatic N) is 4. The number of benzene rings is 13. The van der Waals surface area contributed by atoms with Gasteiger partial charge in [-0.1, -0.05) is 241 Å². The van der Waals surface area contributed by atoms with Crippen LogP contribution >= 0.6 is 0 Å². The van der Waals surface area contributed by atoms with Crippen molar-refractivity contribution in [2.45, 2.75) is 58.3 Å². The summed E-state index contributed by atoms with van der Waals surface area (Å²) < 4.78 is 204. The zero-order valence-electron chi connectivity index (χ0n) is 71.8. The minimum Gasteiger partial charge on any atom is -0.452 e. The molecule has 0 N–H and O–H groups in total. The first-order chi connectivity index (χ1) is 53.6. The molecule has 13 aromatic carbocycles. The van der Waals surface area contributed by atoms with Crippen molar-refractivity contribution in [2.24, 2.45) is 0 Å². The maximum atomic E-state index is 9.76. The number of furan rings is 1. The monoisotopic (exact) mass is 1200 g/mol. The topological polar surface area (TPSA) is 29.5 Å². The van der Waals surface area contributed by atoms with Crippen molar-refractivity contribution < 1.29 is 33.2 Å². The van der Waals surface area contributed by atoms with Crippen molar-refractivity contribution >= 4 is 99.7 Å². The molecule has 5 heterocycles. The van der Waals surface area contributed by atoms with E-state index in [4.69, 9.17) is 16.8 Å². The van der Waals surface area contributed by atoms with Crippen LogP contribution in [0, 0.1) is 0 Å². The summed E-state index contributed by atoms with van der Waals surface area (Å²) in [5, 5.41) is 0.660. The molecule has 18 rings (SSSR count). The Morgan fingerprint density at radius 1 is 0.337 bits per heavy atom. The minimum atomic E-state index is -0.872. The lowest BCUT2D eigenvalue weighted by Gasteiger charge is -2.47. The quantitative estimate of drug-likeness (QED) is 0.159. The summed E-state index contributed by atoms with van der Waals surface area (Å²) in [6, 6.07) is 39.5. The van der Waals surface area contributed by atoms with Crippen LogP contribution in [0.15, 0.2) is 289 Å². The first kappa shape index (κ1) is 36.5. The standard InChI is InChI=1S/C87H66N4O/c1-86(2,3)58-49-68(55-28-12-8-13-29-55)83(69(50-58)56-30-14-9-15-31-56)91-78-53-60(88-71-38-20-16-32-61(71)62-33-17-21-39-72(62)88)45-46-67(78)81-70-48-57(54-26-10-7-11-27-54)44-47-75(70)90(79-51-59(87(4,5)6)52-80(91)82(79)81)77-43-25-37-66-65-36-24-42-76(84(65)92-85(66)77)89-73-40-22-18-34-63(73)64-35-19-23-41-74(64)89/h7-53,81H,1-6H3/i7D,10D,11D,16D,17D,18D,19D,20D,21D,22D,23D,26D,27D,32D,33D,34D,35D,38D,39D,40D,41D. The van der Waals surface area contributed by atoms with Gasteiger partial charge in [-0.25, -0.2) is 0 Å². The molecule has 0 fully saturated rings. The molecule has 1 unspecified atom stereocenters.